The highest BCUT2D eigenvalue weighted by molar-refractivity contribution is 5.97. The molecule has 0 saturated carbocycles. The molecular weight excluding hydrogens is 286 g/mol. The average Bonchev–Trinajstić information content (AvgIpc) is 2.58. The van der Waals surface area contributed by atoms with Gasteiger partial charge in [-0.05, 0) is 54.4 Å². The molecule has 23 heavy (non-hydrogen) atoms. The average molecular weight is 303 g/mol. The van der Waals surface area contributed by atoms with Crippen molar-refractivity contribution in [1.29, 1.82) is 0 Å². The summed E-state index contributed by atoms with van der Waals surface area (Å²) < 4.78 is 5.84. The molecule has 0 amide bonds. The molecule has 3 rings (SSSR count). The van der Waals surface area contributed by atoms with Crippen LogP contribution in [-0.4, -0.2) is 10.8 Å². The molecule has 0 unspecified atom stereocenters. The predicted octanol–water partition coefficient (Wildman–Crippen LogP) is 4.61. The fourth-order valence-electron chi connectivity index (χ4n) is 2.34. The van der Waals surface area contributed by atoms with Crippen molar-refractivity contribution >= 4 is 5.78 Å². The number of pyridine rings is 1. The second-order valence-corrected chi connectivity index (χ2v) is 5.36. The van der Waals surface area contributed by atoms with E-state index in [4.69, 9.17) is 4.74 Å². The van der Waals surface area contributed by atoms with Gasteiger partial charge in [0.25, 0.3) is 0 Å². The lowest BCUT2D eigenvalue weighted by Crippen LogP contribution is -2.04. The van der Waals surface area contributed by atoms with Crippen LogP contribution in [0.1, 0.15) is 21.5 Å². The van der Waals surface area contributed by atoms with Crippen molar-refractivity contribution < 1.29 is 9.53 Å². The van der Waals surface area contributed by atoms with Crippen molar-refractivity contribution in [3.63, 3.8) is 0 Å². The van der Waals surface area contributed by atoms with E-state index in [1.54, 1.807) is 12.4 Å². The molecule has 0 aliphatic carbocycles. The van der Waals surface area contributed by atoms with Crippen molar-refractivity contribution in [2.75, 3.05) is 0 Å². The Bertz CT molecular complexity index is 798. The minimum absolute atomic E-state index is 0.0763. The standard InChI is InChI=1S/C20H17NO2/c1-15-12-17(19(22)13-16-6-5-11-21-14-16)9-10-20(15)23-18-7-3-2-4-8-18/h2-12,14H,13H2,1H3. The van der Waals surface area contributed by atoms with E-state index < -0.39 is 0 Å². The number of ether oxygens (including phenoxy) is 1. The lowest BCUT2D eigenvalue weighted by molar-refractivity contribution is 0.0993. The first-order valence-corrected chi connectivity index (χ1v) is 7.48. The highest BCUT2D eigenvalue weighted by Crippen LogP contribution is 2.26. The first kappa shape index (κ1) is 15.0. The van der Waals surface area contributed by atoms with E-state index in [0.29, 0.717) is 12.0 Å². The zero-order chi connectivity index (χ0) is 16.1. The molecule has 0 bridgehead atoms. The molecule has 0 radical (unpaired) electrons. The summed E-state index contributed by atoms with van der Waals surface area (Å²) in [5.74, 6) is 1.62. The monoisotopic (exact) mass is 303 g/mol. The predicted molar refractivity (Wildman–Crippen MR) is 90.0 cm³/mol. The van der Waals surface area contributed by atoms with Gasteiger partial charge in [-0.15, -0.1) is 0 Å². The zero-order valence-electron chi connectivity index (χ0n) is 12.9. The molecule has 0 aliphatic rings. The molecular formula is C20H17NO2. The molecule has 0 saturated heterocycles. The van der Waals surface area contributed by atoms with Crippen molar-refractivity contribution in [3.8, 4) is 11.5 Å². The van der Waals surface area contributed by atoms with Gasteiger partial charge in [-0.3, -0.25) is 9.78 Å². The summed E-state index contributed by atoms with van der Waals surface area (Å²) in [4.78, 5) is 16.4. The SMILES string of the molecule is Cc1cc(C(=O)Cc2cccnc2)ccc1Oc1ccccc1. The van der Waals surface area contributed by atoms with E-state index in [1.807, 2.05) is 67.6 Å². The molecule has 3 aromatic rings. The number of carbonyl (C=O) groups is 1. The van der Waals surface area contributed by atoms with Crippen LogP contribution in [0.5, 0.6) is 11.5 Å². The Morgan fingerprint density at radius 2 is 1.87 bits per heavy atom. The van der Waals surface area contributed by atoms with E-state index in [-0.39, 0.29) is 5.78 Å². The number of aryl methyl sites for hydroxylation is 1. The van der Waals surface area contributed by atoms with E-state index in [2.05, 4.69) is 4.98 Å². The van der Waals surface area contributed by atoms with Gasteiger partial charge in [-0.1, -0.05) is 24.3 Å². The van der Waals surface area contributed by atoms with Crippen molar-refractivity contribution in [1.82, 2.24) is 4.98 Å². The largest absolute Gasteiger partial charge is 0.457 e. The van der Waals surface area contributed by atoms with Gasteiger partial charge < -0.3 is 4.74 Å². The third-order valence-electron chi connectivity index (χ3n) is 3.56. The minimum atomic E-state index is 0.0763. The maximum absolute atomic E-state index is 12.4. The summed E-state index contributed by atoms with van der Waals surface area (Å²) >= 11 is 0. The van der Waals surface area contributed by atoms with Crippen LogP contribution in [0.25, 0.3) is 0 Å². The van der Waals surface area contributed by atoms with Crippen LogP contribution in [0.2, 0.25) is 0 Å². The number of nitrogens with zero attached hydrogens (tertiary/aromatic N) is 1. The summed E-state index contributed by atoms with van der Waals surface area (Å²) in [6.07, 6.45) is 3.78. The molecule has 3 nitrogen and oxygen atoms in total. The quantitative estimate of drug-likeness (QED) is 0.646. The third kappa shape index (κ3) is 3.83. The Balaban J connectivity index is 1.75. The van der Waals surface area contributed by atoms with Crippen LogP contribution in [0.15, 0.2) is 73.1 Å². The maximum Gasteiger partial charge on any atom is 0.167 e. The van der Waals surface area contributed by atoms with Crippen LogP contribution < -0.4 is 4.74 Å². The van der Waals surface area contributed by atoms with E-state index in [0.717, 1.165) is 22.6 Å². The number of hydrogen-bond acceptors (Lipinski definition) is 3. The molecule has 0 fully saturated rings. The van der Waals surface area contributed by atoms with Gasteiger partial charge in [0.1, 0.15) is 11.5 Å². The van der Waals surface area contributed by atoms with Gasteiger partial charge >= 0.3 is 0 Å². The number of carbonyl (C=O) groups excluding carboxylic acids is 1. The number of rotatable bonds is 5. The third-order valence-corrected chi connectivity index (χ3v) is 3.56. The van der Waals surface area contributed by atoms with Crippen LogP contribution in [-0.2, 0) is 6.42 Å². The minimum Gasteiger partial charge on any atom is -0.457 e. The zero-order valence-corrected chi connectivity index (χ0v) is 12.9. The number of aromatic nitrogens is 1. The summed E-state index contributed by atoms with van der Waals surface area (Å²) in [6.45, 7) is 1.94. The first-order chi connectivity index (χ1) is 11.2. The smallest absolute Gasteiger partial charge is 0.167 e. The fraction of sp³-hybridized carbons (Fsp3) is 0.100. The second-order valence-electron chi connectivity index (χ2n) is 5.36. The summed E-state index contributed by atoms with van der Waals surface area (Å²) in [5.41, 5.74) is 2.54. The highest BCUT2D eigenvalue weighted by Gasteiger charge is 2.10. The fourth-order valence-corrected chi connectivity index (χ4v) is 2.34. The lowest BCUT2D eigenvalue weighted by atomic mass is 10.0. The molecule has 0 N–H and O–H groups in total. The normalized spacial score (nSPS) is 10.3. The van der Waals surface area contributed by atoms with E-state index in [9.17, 15) is 4.79 Å². The molecule has 0 atom stereocenters. The number of benzene rings is 2. The number of Topliss-reactive ketones (excluding diaryl/α,β-unsaturated/α-hetero) is 1. The Morgan fingerprint density at radius 3 is 2.57 bits per heavy atom. The van der Waals surface area contributed by atoms with Crippen molar-refractivity contribution in [2.24, 2.45) is 0 Å². The van der Waals surface area contributed by atoms with Gasteiger partial charge in [-0.2, -0.15) is 0 Å². The second kappa shape index (κ2) is 6.88. The van der Waals surface area contributed by atoms with Gasteiger partial charge in [0, 0.05) is 24.4 Å². The lowest BCUT2D eigenvalue weighted by Gasteiger charge is -2.10. The summed E-state index contributed by atoms with van der Waals surface area (Å²) in [5, 5.41) is 0. The molecule has 0 aliphatic heterocycles. The Hall–Kier alpha value is -2.94. The number of para-hydroxylation sites is 1. The number of ketones is 1. The van der Waals surface area contributed by atoms with Gasteiger partial charge in [0.15, 0.2) is 5.78 Å². The first-order valence-electron chi connectivity index (χ1n) is 7.48. The topological polar surface area (TPSA) is 39.2 Å². The molecule has 1 heterocycles. The maximum atomic E-state index is 12.4. The Labute approximate surface area is 135 Å². The van der Waals surface area contributed by atoms with E-state index >= 15 is 0 Å². The van der Waals surface area contributed by atoms with Crippen LogP contribution in [0, 0.1) is 6.92 Å². The van der Waals surface area contributed by atoms with Crippen molar-refractivity contribution in [2.45, 2.75) is 13.3 Å². The molecule has 2 aromatic carbocycles. The number of hydrogen-bond donors (Lipinski definition) is 0. The molecule has 3 heteroatoms. The van der Waals surface area contributed by atoms with Gasteiger partial charge in [0.05, 0.1) is 0 Å². The van der Waals surface area contributed by atoms with Gasteiger partial charge in [-0.25, -0.2) is 0 Å². The highest BCUT2D eigenvalue weighted by atomic mass is 16.5. The molecule has 114 valence electrons. The van der Waals surface area contributed by atoms with Gasteiger partial charge in [0.2, 0.25) is 0 Å². The summed E-state index contributed by atoms with van der Waals surface area (Å²) in [6, 6.07) is 18.9. The summed E-state index contributed by atoms with van der Waals surface area (Å²) in [7, 11) is 0. The van der Waals surface area contributed by atoms with E-state index in [1.165, 1.54) is 0 Å². The van der Waals surface area contributed by atoms with Crippen LogP contribution >= 0.6 is 0 Å². The van der Waals surface area contributed by atoms with Crippen LogP contribution in [0.4, 0.5) is 0 Å². The van der Waals surface area contributed by atoms with Crippen molar-refractivity contribution in [3.05, 3.63) is 89.7 Å². The van der Waals surface area contributed by atoms with Crippen LogP contribution in [0.3, 0.4) is 0 Å². The molecule has 1 aromatic heterocycles. The molecule has 0 spiro atoms. The Morgan fingerprint density at radius 1 is 1.04 bits per heavy atom. The Kier molecular flexibility index (Phi) is 4.48.